The van der Waals surface area contributed by atoms with E-state index >= 15 is 0 Å². The first-order chi connectivity index (χ1) is 9.33. The van der Waals surface area contributed by atoms with Crippen molar-refractivity contribution in [2.24, 2.45) is 5.92 Å². The quantitative estimate of drug-likeness (QED) is 0.872. The van der Waals surface area contributed by atoms with Crippen LogP contribution < -0.4 is 5.32 Å². The lowest BCUT2D eigenvalue weighted by atomic mass is 9.93. The fourth-order valence-corrected chi connectivity index (χ4v) is 3.04. The molecule has 1 saturated heterocycles. The molecule has 0 aliphatic carbocycles. The molecule has 3 heterocycles. The molecule has 19 heavy (non-hydrogen) atoms. The molecule has 0 atom stereocenters. The largest absolute Gasteiger partial charge is 0.338 e. The Morgan fingerprint density at radius 3 is 3.11 bits per heavy atom. The maximum atomic E-state index is 12.4. The number of fused-ring (bicyclic) bond motifs is 1. The molecule has 1 N–H and O–H groups in total. The van der Waals surface area contributed by atoms with Crippen molar-refractivity contribution in [3.05, 3.63) is 29.6 Å². The van der Waals surface area contributed by atoms with Gasteiger partial charge < -0.3 is 10.2 Å². The van der Waals surface area contributed by atoms with Crippen LogP contribution in [0.2, 0.25) is 0 Å². The van der Waals surface area contributed by atoms with Gasteiger partial charge in [0.1, 0.15) is 0 Å². The van der Waals surface area contributed by atoms with Gasteiger partial charge in [-0.15, -0.1) is 0 Å². The number of amides is 1. The molecule has 1 amide bonds. The van der Waals surface area contributed by atoms with Crippen molar-refractivity contribution in [1.82, 2.24) is 15.2 Å². The third-order valence-electron chi connectivity index (χ3n) is 4.24. The molecule has 102 valence electrons. The van der Waals surface area contributed by atoms with E-state index in [2.05, 4.69) is 16.4 Å². The third-order valence-corrected chi connectivity index (χ3v) is 4.24. The molecule has 4 heteroatoms. The molecule has 4 nitrogen and oxygen atoms in total. The van der Waals surface area contributed by atoms with Gasteiger partial charge >= 0.3 is 0 Å². The summed E-state index contributed by atoms with van der Waals surface area (Å²) in [6.07, 6.45) is 5.73. The lowest BCUT2D eigenvalue weighted by Crippen LogP contribution is -2.38. The van der Waals surface area contributed by atoms with Crippen LogP contribution in [0, 0.1) is 5.92 Å². The summed E-state index contributed by atoms with van der Waals surface area (Å²) in [6, 6.07) is 4.05. The highest BCUT2D eigenvalue weighted by Gasteiger charge is 2.24. The molecule has 0 unspecified atom stereocenters. The number of hydrogen-bond donors (Lipinski definition) is 1. The zero-order chi connectivity index (χ0) is 13.1. The Balaban J connectivity index is 1.59. The van der Waals surface area contributed by atoms with Crippen molar-refractivity contribution in [2.45, 2.75) is 32.2 Å². The van der Waals surface area contributed by atoms with E-state index in [1.807, 2.05) is 17.2 Å². The van der Waals surface area contributed by atoms with Gasteiger partial charge in [0.15, 0.2) is 0 Å². The van der Waals surface area contributed by atoms with Gasteiger partial charge in [0.25, 0.3) is 0 Å². The topological polar surface area (TPSA) is 45.2 Å². The number of piperidine rings is 1. The molecule has 1 fully saturated rings. The first-order valence-corrected chi connectivity index (χ1v) is 7.24. The lowest BCUT2D eigenvalue weighted by molar-refractivity contribution is -0.133. The minimum Gasteiger partial charge on any atom is -0.338 e. The van der Waals surface area contributed by atoms with Gasteiger partial charge in [-0.3, -0.25) is 9.78 Å². The highest BCUT2D eigenvalue weighted by atomic mass is 16.2. The van der Waals surface area contributed by atoms with Crippen molar-refractivity contribution in [3.8, 4) is 0 Å². The van der Waals surface area contributed by atoms with Crippen LogP contribution in [0.25, 0.3) is 0 Å². The zero-order valence-corrected chi connectivity index (χ0v) is 11.3. The van der Waals surface area contributed by atoms with Crippen LogP contribution in [0.1, 0.15) is 30.5 Å². The molecule has 0 radical (unpaired) electrons. The van der Waals surface area contributed by atoms with E-state index in [9.17, 15) is 4.79 Å². The maximum absolute atomic E-state index is 12.4. The second-order valence-electron chi connectivity index (χ2n) is 5.57. The number of nitrogens with one attached hydrogen (secondary N) is 1. The predicted molar refractivity (Wildman–Crippen MR) is 73.6 cm³/mol. The molecule has 0 spiro atoms. The van der Waals surface area contributed by atoms with Crippen LogP contribution >= 0.6 is 0 Å². The van der Waals surface area contributed by atoms with Crippen LogP contribution in [-0.4, -0.2) is 35.4 Å². The Bertz CT molecular complexity index is 454. The molecular weight excluding hydrogens is 238 g/mol. The first kappa shape index (κ1) is 12.6. The summed E-state index contributed by atoms with van der Waals surface area (Å²) in [5.74, 6) is 0.894. The summed E-state index contributed by atoms with van der Waals surface area (Å²) in [7, 11) is 0. The van der Waals surface area contributed by atoms with Gasteiger partial charge in [0.05, 0.1) is 0 Å². The smallest absolute Gasteiger partial charge is 0.223 e. The summed E-state index contributed by atoms with van der Waals surface area (Å²) >= 11 is 0. The van der Waals surface area contributed by atoms with Crippen LogP contribution in [0.5, 0.6) is 0 Å². The molecule has 2 aliphatic heterocycles. The maximum Gasteiger partial charge on any atom is 0.223 e. The van der Waals surface area contributed by atoms with E-state index in [0.29, 0.717) is 11.8 Å². The summed E-state index contributed by atoms with van der Waals surface area (Å²) in [5, 5.41) is 3.35. The minimum atomic E-state index is 0.321. The van der Waals surface area contributed by atoms with Gasteiger partial charge in [-0.1, -0.05) is 6.07 Å². The first-order valence-electron chi connectivity index (χ1n) is 7.24. The molecule has 2 aliphatic rings. The molecular formula is C15H21N3O. The Morgan fingerprint density at radius 2 is 2.26 bits per heavy atom. The summed E-state index contributed by atoms with van der Waals surface area (Å²) in [5.41, 5.74) is 2.38. The fourth-order valence-electron chi connectivity index (χ4n) is 3.04. The van der Waals surface area contributed by atoms with E-state index in [1.54, 1.807) is 0 Å². The summed E-state index contributed by atoms with van der Waals surface area (Å²) in [4.78, 5) is 18.7. The SMILES string of the molecule is O=C(CC1CCNCC1)N1CCc2ncccc2C1. The van der Waals surface area contributed by atoms with E-state index in [-0.39, 0.29) is 0 Å². The van der Waals surface area contributed by atoms with E-state index in [1.165, 1.54) is 5.56 Å². The average molecular weight is 259 g/mol. The molecule has 0 saturated carbocycles. The number of aromatic nitrogens is 1. The number of carbonyl (C=O) groups excluding carboxylic acids is 1. The normalized spacial score (nSPS) is 20.1. The van der Waals surface area contributed by atoms with Crippen LogP contribution in [-0.2, 0) is 17.8 Å². The van der Waals surface area contributed by atoms with Crippen molar-refractivity contribution >= 4 is 5.91 Å². The lowest BCUT2D eigenvalue weighted by Gasteiger charge is -2.30. The van der Waals surface area contributed by atoms with Crippen LogP contribution in [0.3, 0.4) is 0 Å². The van der Waals surface area contributed by atoms with Gasteiger partial charge in [-0.05, 0) is 43.5 Å². The second kappa shape index (κ2) is 5.70. The van der Waals surface area contributed by atoms with Crippen molar-refractivity contribution in [1.29, 1.82) is 0 Å². The minimum absolute atomic E-state index is 0.321. The second-order valence-corrected chi connectivity index (χ2v) is 5.57. The number of pyridine rings is 1. The molecule has 0 aromatic carbocycles. The van der Waals surface area contributed by atoms with E-state index < -0.39 is 0 Å². The summed E-state index contributed by atoms with van der Waals surface area (Å²) < 4.78 is 0. The summed E-state index contributed by atoms with van der Waals surface area (Å²) in [6.45, 7) is 3.69. The van der Waals surface area contributed by atoms with E-state index in [4.69, 9.17) is 0 Å². The Kier molecular flexibility index (Phi) is 3.78. The van der Waals surface area contributed by atoms with Gasteiger partial charge in [0, 0.05) is 37.8 Å². The molecule has 1 aromatic rings. The van der Waals surface area contributed by atoms with E-state index in [0.717, 1.165) is 57.6 Å². The monoisotopic (exact) mass is 259 g/mol. The highest BCUT2D eigenvalue weighted by molar-refractivity contribution is 5.76. The number of rotatable bonds is 2. The van der Waals surface area contributed by atoms with Crippen molar-refractivity contribution < 1.29 is 4.79 Å². The zero-order valence-electron chi connectivity index (χ0n) is 11.3. The fraction of sp³-hybridized carbons (Fsp3) is 0.600. The highest BCUT2D eigenvalue weighted by Crippen LogP contribution is 2.21. The van der Waals surface area contributed by atoms with Crippen molar-refractivity contribution in [3.63, 3.8) is 0 Å². The molecule has 3 rings (SSSR count). The number of hydrogen-bond acceptors (Lipinski definition) is 3. The van der Waals surface area contributed by atoms with Gasteiger partial charge in [0.2, 0.25) is 5.91 Å². The van der Waals surface area contributed by atoms with Gasteiger partial charge in [-0.25, -0.2) is 0 Å². The van der Waals surface area contributed by atoms with Gasteiger partial charge in [-0.2, -0.15) is 0 Å². The average Bonchev–Trinajstić information content (AvgIpc) is 2.48. The standard InChI is InChI=1S/C15H21N3O/c19-15(10-12-3-7-16-8-4-12)18-9-5-14-13(11-18)2-1-6-17-14/h1-2,6,12,16H,3-5,7-11H2. The Hall–Kier alpha value is -1.42. The predicted octanol–water partition coefficient (Wildman–Crippen LogP) is 1.36. The Labute approximate surface area is 114 Å². The van der Waals surface area contributed by atoms with Crippen LogP contribution in [0.4, 0.5) is 0 Å². The third kappa shape index (κ3) is 2.95. The molecule has 1 aromatic heterocycles. The number of nitrogens with zero attached hydrogens (tertiary/aromatic N) is 2. The Morgan fingerprint density at radius 1 is 1.42 bits per heavy atom. The van der Waals surface area contributed by atoms with Crippen molar-refractivity contribution in [2.75, 3.05) is 19.6 Å². The molecule has 0 bridgehead atoms. The van der Waals surface area contributed by atoms with Crippen LogP contribution in [0.15, 0.2) is 18.3 Å². The number of carbonyl (C=O) groups is 1.